The zero-order valence-electron chi connectivity index (χ0n) is 5.64. The first-order valence-corrected chi connectivity index (χ1v) is 3.29. The van der Waals surface area contributed by atoms with Crippen LogP contribution in [-0.2, 0) is 21.1 Å². The van der Waals surface area contributed by atoms with Gasteiger partial charge in [0.15, 0.2) is 0 Å². The smallest absolute Gasteiger partial charge is 0 e. The van der Waals surface area contributed by atoms with Gasteiger partial charge in [0.05, 0.1) is 0 Å². The maximum absolute atomic E-state index is 5.25. The van der Waals surface area contributed by atoms with Crippen molar-refractivity contribution in [3.05, 3.63) is 5.84 Å². The van der Waals surface area contributed by atoms with Crippen molar-refractivity contribution in [3.63, 3.8) is 0 Å². The summed E-state index contributed by atoms with van der Waals surface area (Å²) in [5.41, 5.74) is 0. The molecule has 60 valence electrons. The molecular weight excluding hydrogens is 295 g/mol. The predicted molar refractivity (Wildman–Crippen MR) is 36.2 cm³/mol. The molecule has 0 saturated heterocycles. The minimum absolute atomic E-state index is 0. The Balaban J connectivity index is 0. The van der Waals surface area contributed by atoms with Gasteiger partial charge in [-0.25, -0.2) is 0 Å². The molecule has 0 aliphatic heterocycles. The average Bonchev–Trinajstić information content (AvgIpc) is 1.96. The van der Waals surface area contributed by atoms with E-state index in [-0.39, 0.29) is 21.1 Å². The predicted octanol–water partition coefficient (Wildman–Crippen LogP) is 2.25. The van der Waals surface area contributed by atoms with Crippen molar-refractivity contribution in [1.29, 1.82) is 0 Å². The second kappa shape index (κ2) is 11.4. The fourth-order valence-corrected chi connectivity index (χ4v) is 1.06. The summed E-state index contributed by atoms with van der Waals surface area (Å²) in [7, 11) is 0. The van der Waals surface area contributed by atoms with Gasteiger partial charge in [-0.15, -0.1) is 0 Å². The van der Waals surface area contributed by atoms with Crippen LogP contribution in [0, 0.1) is 0 Å². The molecule has 3 heteroatoms. The summed E-state index contributed by atoms with van der Waals surface area (Å²) in [6.45, 7) is 0. The third kappa shape index (κ3) is 8.61. The summed E-state index contributed by atoms with van der Waals surface area (Å²) in [6, 6.07) is 0. The van der Waals surface area contributed by atoms with Gasteiger partial charge < -0.3 is 11.7 Å². The minimum atomic E-state index is 0. The van der Waals surface area contributed by atoms with E-state index in [2.05, 4.69) is 5.84 Å². The van der Waals surface area contributed by atoms with Gasteiger partial charge in [0.2, 0.25) is 0 Å². The van der Waals surface area contributed by atoms with Gasteiger partial charge in [0.1, 0.15) is 0 Å². The number of nitrogens with one attached hydrogen (secondary N) is 1. The van der Waals surface area contributed by atoms with Gasteiger partial charge in [-0.2, -0.15) is 0 Å². The molecule has 0 unspecified atom stereocenters. The van der Waals surface area contributed by atoms with Crippen molar-refractivity contribution in [2.75, 3.05) is 0 Å². The van der Waals surface area contributed by atoms with Crippen LogP contribution in [0.3, 0.4) is 0 Å². The minimum Gasteiger partial charge on any atom is -0.615 e. The summed E-state index contributed by atoms with van der Waals surface area (Å²) < 4.78 is 0. The molecule has 0 aromatic rings. The molecule has 0 spiro atoms. The zero-order chi connectivity index (χ0) is 6.24. The molecule has 0 radical (unpaired) electrons. The first-order chi connectivity index (χ1) is 4.00. The molecule has 0 amide bonds. The molecule has 0 heterocycles. The normalized spacial score (nSPS) is 16.7. The van der Waals surface area contributed by atoms with Crippen LogP contribution >= 0.6 is 0 Å². The standard InChI is InChI=1S/C6H12.H3N2.Pt/c1-2-4-6-5-3-1;1-2;/h1-6H2;1H,2H2;/q;-1;. The molecule has 0 atom stereocenters. The monoisotopic (exact) mass is 310 g/mol. The molecular formula is C6H15N2Pt-. The summed E-state index contributed by atoms with van der Waals surface area (Å²) in [5.74, 6) is 9.00. The molecule has 1 rings (SSSR count). The van der Waals surface area contributed by atoms with Crippen LogP contribution in [0.4, 0.5) is 0 Å². The molecule has 3 N–H and O–H groups in total. The molecule has 1 saturated carbocycles. The van der Waals surface area contributed by atoms with Crippen LogP contribution in [0.15, 0.2) is 0 Å². The van der Waals surface area contributed by atoms with Crippen LogP contribution in [-0.4, -0.2) is 0 Å². The SMILES string of the molecule is C1CCCCC1.[NH-]N.[Pt]. The second-order valence-corrected chi connectivity index (χ2v) is 2.12. The quantitative estimate of drug-likeness (QED) is 0.541. The topological polar surface area (TPSA) is 49.8 Å². The van der Waals surface area contributed by atoms with Crippen molar-refractivity contribution in [2.45, 2.75) is 38.5 Å². The average molecular weight is 310 g/mol. The molecule has 0 aromatic heterocycles. The van der Waals surface area contributed by atoms with Crippen LogP contribution in [0.2, 0.25) is 0 Å². The molecule has 0 aromatic carbocycles. The third-order valence-corrected chi connectivity index (χ3v) is 1.50. The van der Waals surface area contributed by atoms with Crippen molar-refractivity contribution in [3.8, 4) is 0 Å². The Hall–Kier alpha value is 0.608. The van der Waals surface area contributed by atoms with Gasteiger partial charge in [0.25, 0.3) is 0 Å². The van der Waals surface area contributed by atoms with Gasteiger partial charge in [-0.3, -0.25) is 0 Å². The van der Waals surface area contributed by atoms with Crippen molar-refractivity contribution >= 4 is 0 Å². The Morgan fingerprint density at radius 3 is 0.889 bits per heavy atom. The number of rotatable bonds is 0. The van der Waals surface area contributed by atoms with Gasteiger partial charge in [-0.1, -0.05) is 38.5 Å². The molecule has 9 heavy (non-hydrogen) atoms. The maximum Gasteiger partial charge on any atom is 0 e. The number of hydrogen-bond acceptors (Lipinski definition) is 1. The van der Waals surface area contributed by atoms with E-state index in [1.807, 2.05) is 0 Å². The molecule has 1 fully saturated rings. The second-order valence-electron chi connectivity index (χ2n) is 2.12. The van der Waals surface area contributed by atoms with E-state index in [1.54, 1.807) is 0 Å². The van der Waals surface area contributed by atoms with E-state index in [0.717, 1.165) is 0 Å². The molecule has 2 nitrogen and oxygen atoms in total. The van der Waals surface area contributed by atoms with Crippen molar-refractivity contribution < 1.29 is 21.1 Å². The summed E-state index contributed by atoms with van der Waals surface area (Å²) in [5, 5.41) is 0. The Bertz CT molecular complexity index is 26.5. The first kappa shape index (κ1) is 12.3. The van der Waals surface area contributed by atoms with Gasteiger partial charge in [0, 0.05) is 21.1 Å². The Labute approximate surface area is 71.6 Å². The number of hydrogen-bond donors (Lipinski definition) is 1. The Morgan fingerprint density at radius 1 is 0.667 bits per heavy atom. The largest absolute Gasteiger partial charge is 0.615 e. The van der Waals surface area contributed by atoms with E-state index >= 15 is 0 Å². The third-order valence-electron chi connectivity index (χ3n) is 1.50. The van der Waals surface area contributed by atoms with Crippen molar-refractivity contribution in [2.24, 2.45) is 5.84 Å². The number of nitrogens with two attached hydrogens (primary N) is 1. The van der Waals surface area contributed by atoms with E-state index < -0.39 is 0 Å². The fourth-order valence-electron chi connectivity index (χ4n) is 1.06. The Kier molecular flexibility index (Phi) is 15.6. The van der Waals surface area contributed by atoms with E-state index in [0.29, 0.717) is 0 Å². The van der Waals surface area contributed by atoms with Crippen LogP contribution in [0.5, 0.6) is 0 Å². The Morgan fingerprint density at radius 2 is 0.778 bits per heavy atom. The fraction of sp³-hybridized carbons (Fsp3) is 1.00. The van der Waals surface area contributed by atoms with Crippen LogP contribution < -0.4 is 5.84 Å². The summed E-state index contributed by atoms with van der Waals surface area (Å²) in [6.07, 6.45) is 9.00. The van der Waals surface area contributed by atoms with E-state index in [1.165, 1.54) is 38.5 Å². The van der Waals surface area contributed by atoms with Gasteiger partial charge in [-0.05, 0) is 0 Å². The van der Waals surface area contributed by atoms with E-state index in [9.17, 15) is 0 Å². The first-order valence-electron chi connectivity index (χ1n) is 3.29. The summed E-state index contributed by atoms with van der Waals surface area (Å²) in [4.78, 5) is 0. The molecule has 0 bridgehead atoms. The maximum atomic E-state index is 5.25. The molecule has 1 aliphatic rings. The van der Waals surface area contributed by atoms with E-state index in [4.69, 9.17) is 5.84 Å². The summed E-state index contributed by atoms with van der Waals surface area (Å²) >= 11 is 0. The van der Waals surface area contributed by atoms with Gasteiger partial charge >= 0.3 is 0 Å². The van der Waals surface area contributed by atoms with Crippen LogP contribution in [0.1, 0.15) is 38.5 Å². The zero-order valence-corrected chi connectivity index (χ0v) is 7.91. The molecule has 1 aliphatic carbocycles. The van der Waals surface area contributed by atoms with Crippen LogP contribution in [0.25, 0.3) is 5.84 Å². The van der Waals surface area contributed by atoms with Crippen molar-refractivity contribution in [1.82, 2.24) is 0 Å².